The number of anilines is 2. The maximum Gasteiger partial charge on any atom is 0.437 e. The summed E-state index contributed by atoms with van der Waals surface area (Å²) in [7, 11) is 0. The Labute approximate surface area is 316 Å². The normalized spacial score (nSPS) is 12.6. The van der Waals surface area contributed by atoms with Crippen molar-refractivity contribution in [1.82, 2.24) is 9.97 Å². The van der Waals surface area contributed by atoms with Crippen LogP contribution in [0.1, 0.15) is 85.1 Å². The number of halogens is 2. The molecule has 0 radical (unpaired) electrons. The molecular formula is C41H42F2N6O6. The Balaban J connectivity index is 1.38. The number of aryl methyl sites for hydroxylation is 1. The summed E-state index contributed by atoms with van der Waals surface area (Å²) in [6.07, 6.45) is -1.81. The third-order valence-corrected chi connectivity index (χ3v) is 7.84. The number of nitrogens with two attached hydrogens (primary N) is 1. The number of rotatable bonds is 9. The Morgan fingerprint density at radius 3 is 2.09 bits per heavy atom. The number of hydrogen-bond donors (Lipinski definition) is 3. The van der Waals surface area contributed by atoms with Crippen molar-refractivity contribution < 1.29 is 37.4 Å². The fourth-order valence-electron chi connectivity index (χ4n) is 5.51. The van der Waals surface area contributed by atoms with Crippen LogP contribution in [0.25, 0.3) is 11.0 Å². The van der Waals surface area contributed by atoms with Crippen molar-refractivity contribution in [2.45, 2.75) is 72.1 Å². The van der Waals surface area contributed by atoms with Crippen LogP contribution in [0.5, 0.6) is 0 Å². The third kappa shape index (κ3) is 10.4. The topological polar surface area (TPSA) is 169 Å². The van der Waals surface area contributed by atoms with E-state index in [2.05, 4.69) is 20.3 Å². The maximum atomic E-state index is 14.1. The van der Waals surface area contributed by atoms with E-state index in [1.165, 1.54) is 0 Å². The molecule has 12 nitrogen and oxygen atoms in total. The van der Waals surface area contributed by atoms with Crippen LogP contribution in [0, 0.1) is 18.6 Å². The molecule has 0 aliphatic carbocycles. The van der Waals surface area contributed by atoms with Gasteiger partial charge in [0.15, 0.2) is 11.6 Å². The van der Waals surface area contributed by atoms with Crippen LogP contribution in [0.15, 0.2) is 89.9 Å². The quantitative estimate of drug-likeness (QED) is 0.0578. The van der Waals surface area contributed by atoms with Gasteiger partial charge in [-0.15, -0.1) is 4.99 Å². The lowest BCUT2D eigenvalue weighted by Gasteiger charge is -2.27. The summed E-state index contributed by atoms with van der Waals surface area (Å²) in [5, 5.41) is 3.30. The van der Waals surface area contributed by atoms with Crippen molar-refractivity contribution in [3.63, 3.8) is 0 Å². The van der Waals surface area contributed by atoms with Crippen LogP contribution in [-0.4, -0.2) is 50.9 Å². The highest BCUT2D eigenvalue weighted by Gasteiger charge is 2.34. The van der Waals surface area contributed by atoms with E-state index in [1.54, 1.807) is 115 Å². The number of aromatic nitrogens is 2. The van der Waals surface area contributed by atoms with Crippen molar-refractivity contribution in [3.8, 4) is 0 Å². The molecule has 5 aromatic rings. The van der Waals surface area contributed by atoms with E-state index in [-0.39, 0.29) is 17.0 Å². The second-order valence-electron chi connectivity index (χ2n) is 14.8. The molecule has 4 N–H and O–H groups in total. The Hall–Kier alpha value is -6.44. The fraction of sp³-hybridized carbons (Fsp3) is 0.268. The number of aliphatic imine (C=N–C) groups is 1. The first kappa shape index (κ1) is 39.8. The number of nitrogens with one attached hydrogen (secondary N) is 2. The molecule has 2 amide bonds. The van der Waals surface area contributed by atoms with Crippen LogP contribution < -0.4 is 16.0 Å². The summed E-state index contributed by atoms with van der Waals surface area (Å²) in [5.41, 5.74) is 7.88. The number of ketones is 2. The molecule has 0 saturated heterocycles. The summed E-state index contributed by atoms with van der Waals surface area (Å²) in [4.78, 5) is 65.5. The number of fused-ring (bicyclic) bond motifs is 1. The highest BCUT2D eigenvalue weighted by Crippen LogP contribution is 2.29. The number of ether oxygens (including phenoxy) is 2. The minimum absolute atomic E-state index is 0.0212. The smallest absolute Gasteiger partial charge is 0.437 e. The van der Waals surface area contributed by atoms with Crippen LogP contribution in [-0.2, 0) is 16.0 Å². The van der Waals surface area contributed by atoms with E-state index < -0.39 is 58.5 Å². The summed E-state index contributed by atoms with van der Waals surface area (Å²) in [6, 6.07) is 21.1. The van der Waals surface area contributed by atoms with E-state index in [0.29, 0.717) is 35.0 Å². The number of H-pyrrole nitrogens is 1. The Bertz CT molecular complexity index is 2270. The SMILES string of the molecule is Cc1cccc(C(=O)C(C(=O)c2cc(F)cc(F)c2)c2nc3ccc(NCc4ccc(N(C(=O)OC(C)(C)C)C(N)=NC(=O)OC(C)(C)C)cc4)cc3[nH]2)c1. The number of Topliss-reactive ketones (excluding diaryl/α,β-unsaturated/α-hetero) is 2. The molecule has 14 heteroatoms. The molecule has 1 heterocycles. The van der Waals surface area contributed by atoms with Crippen molar-refractivity contribution in [3.05, 3.63) is 125 Å². The van der Waals surface area contributed by atoms with Gasteiger partial charge < -0.3 is 25.5 Å². The standard InChI is InChI=1S/C41H42F2N6O6/c1-23-9-8-10-25(17-23)34(50)33(35(51)26-18-27(42)20-28(43)19-26)36-46-31-16-13-29(21-32(31)47-36)45-22-24-11-14-30(15-12-24)49(39(53)55-41(5,6)7)37(44)48-38(52)54-40(2,3)4/h8-21,33,45H,22H2,1-7H3,(H,46,47)(H2,44,48,52). The van der Waals surface area contributed by atoms with Gasteiger partial charge in [0, 0.05) is 29.4 Å². The predicted octanol–water partition coefficient (Wildman–Crippen LogP) is 8.60. The summed E-state index contributed by atoms with van der Waals surface area (Å²) >= 11 is 0. The van der Waals surface area contributed by atoms with Gasteiger partial charge >= 0.3 is 12.2 Å². The Morgan fingerprint density at radius 2 is 1.47 bits per heavy atom. The second kappa shape index (κ2) is 15.9. The van der Waals surface area contributed by atoms with Crippen LogP contribution in [0.3, 0.4) is 0 Å². The number of guanidine groups is 1. The van der Waals surface area contributed by atoms with Crippen LogP contribution in [0.4, 0.5) is 29.7 Å². The monoisotopic (exact) mass is 752 g/mol. The lowest BCUT2D eigenvalue weighted by Crippen LogP contribution is -2.45. The predicted molar refractivity (Wildman–Crippen MR) is 205 cm³/mol. The largest absolute Gasteiger partial charge is 0.443 e. The first-order valence-corrected chi connectivity index (χ1v) is 17.3. The lowest BCUT2D eigenvalue weighted by molar-refractivity contribution is 0.0599. The molecule has 55 heavy (non-hydrogen) atoms. The molecule has 0 saturated carbocycles. The minimum atomic E-state index is -1.51. The second-order valence-corrected chi connectivity index (χ2v) is 14.8. The van der Waals surface area contributed by atoms with Crippen LogP contribution in [0.2, 0.25) is 0 Å². The van der Waals surface area contributed by atoms with E-state index in [4.69, 9.17) is 15.2 Å². The molecule has 0 fully saturated rings. The first-order chi connectivity index (χ1) is 25.8. The lowest BCUT2D eigenvalue weighted by atomic mass is 9.89. The molecule has 1 unspecified atom stereocenters. The number of carbonyl (C=O) groups excluding carboxylic acids is 4. The highest BCUT2D eigenvalue weighted by molar-refractivity contribution is 6.20. The van der Waals surface area contributed by atoms with E-state index >= 15 is 0 Å². The number of amides is 2. The van der Waals surface area contributed by atoms with Gasteiger partial charge in [-0.05, 0) is 103 Å². The number of carbonyl (C=O) groups is 4. The van der Waals surface area contributed by atoms with Gasteiger partial charge in [0.1, 0.15) is 34.6 Å². The molecule has 4 aromatic carbocycles. The van der Waals surface area contributed by atoms with Gasteiger partial charge in [-0.1, -0.05) is 35.9 Å². The van der Waals surface area contributed by atoms with E-state index in [1.807, 2.05) is 0 Å². The summed E-state index contributed by atoms with van der Waals surface area (Å²) < 4.78 is 39.0. The van der Waals surface area contributed by atoms with E-state index in [9.17, 15) is 28.0 Å². The summed E-state index contributed by atoms with van der Waals surface area (Å²) in [5.74, 6) is -5.21. The zero-order chi connectivity index (χ0) is 40.2. The average molecular weight is 753 g/mol. The van der Waals surface area contributed by atoms with Gasteiger partial charge in [0.2, 0.25) is 5.96 Å². The van der Waals surface area contributed by atoms with Crippen LogP contribution >= 0.6 is 0 Å². The van der Waals surface area contributed by atoms with Gasteiger partial charge in [0.25, 0.3) is 0 Å². The minimum Gasteiger partial charge on any atom is -0.443 e. The molecule has 286 valence electrons. The number of benzene rings is 4. The Morgan fingerprint density at radius 1 is 0.836 bits per heavy atom. The van der Waals surface area contributed by atoms with Gasteiger partial charge in [-0.2, -0.15) is 0 Å². The molecular weight excluding hydrogens is 710 g/mol. The third-order valence-electron chi connectivity index (χ3n) is 7.84. The number of imidazole rings is 1. The molecule has 1 aromatic heterocycles. The molecule has 0 aliphatic heterocycles. The van der Waals surface area contributed by atoms with Gasteiger partial charge in [-0.25, -0.2) is 28.3 Å². The van der Waals surface area contributed by atoms with Crippen molar-refractivity contribution in [2.75, 3.05) is 10.2 Å². The van der Waals surface area contributed by atoms with Crippen molar-refractivity contribution in [1.29, 1.82) is 0 Å². The summed E-state index contributed by atoms with van der Waals surface area (Å²) in [6.45, 7) is 12.2. The zero-order valence-electron chi connectivity index (χ0n) is 31.5. The molecule has 0 aliphatic rings. The van der Waals surface area contributed by atoms with E-state index in [0.717, 1.165) is 28.2 Å². The maximum absolute atomic E-state index is 14.1. The fourth-order valence-corrected chi connectivity index (χ4v) is 5.51. The van der Waals surface area contributed by atoms with Crippen molar-refractivity contribution in [2.24, 2.45) is 10.7 Å². The number of nitrogens with zero attached hydrogens (tertiary/aromatic N) is 3. The Kier molecular flexibility index (Phi) is 11.5. The molecule has 0 spiro atoms. The van der Waals surface area contributed by atoms with Crippen molar-refractivity contribution >= 4 is 52.1 Å². The molecule has 0 bridgehead atoms. The molecule has 1 atom stereocenters. The highest BCUT2D eigenvalue weighted by atomic mass is 19.1. The average Bonchev–Trinajstić information content (AvgIpc) is 3.48. The van der Waals surface area contributed by atoms with Gasteiger partial charge in [0.05, 0.1) is 16.7 Å². The first-order valence-electron chi connectivity index (χ1n) is 17.3. The zero-order valence-corrected chi connectivity index (χ0v) is 31.5. The number of hydrogen-bond acceptors (Lipinski definition) is 8. The van der Waals surface area contributed by atoms with Gasteiger partial charge in [-0.3, -0.25) is 9.59 Å². The number of aromatic amines is 1. The molecule has 5 rings (SSSR count).